The number of anilines is 1. The molecule has 116 valence electrons. The summed E-state index contributed by atoms with van der Waals surface area (Å²) in [6, 6.07) is 5.04. The highest BCUT2D eigenvalue weighted by molar-refractivity contribution is 6.31. The van der Waals surface area contributed by atoms with E-state index in [1.807, 2.05) is 0 Å². The molecule has 2 rings (SSSR count). The quantitative estimate of drug-likeness (QED) is 0.575. The molecule has 1 aliphatic heterocycles. The van der Waals surface area contributed by atoms with E-state index in [0.29, 0.717) is 28.7 Å². The van der Waals surface area contributed by atoms with Gasteiger partial charge in [-0.3, -0.25) is 10.6 Å². The highest BCUT2D eigenvalue weighted by atomic mass is 35.5. The lowest BCUT2D eigenvalue weighted by Crippen LogP contribution is -2.38. The van der Waals surface area contributed by atoms with E-state index < -0.39 is 0 Å². The van der Waals surface area contributed by atoms with E-state index in [1.165, 1.54) is 0 Å². The van der Waals surface area contributed by atoms with Crippen LogP contribution in [-0.4, -0.2) is 37.0 Å². The number of hydrazine groups is 1. The molecular formula is C15H23ClN4O. The number of nitrogens with two attached hydrogens (primary N) is 1. The number of likely N-dealkylation sites (tertiary alicyclic amines) is 1. The predicted molar refractivity (Wildman–Crippen MR) is 86.4 cm³/mol. The molecule has 4 N–H and O–H groups in total. The molecule has 5 nitrogen and oxygen atoms in total. The van der Waals surface area contributed by atoms with E-state index in [4.69, 9.17) is 17.4 Å². The number of carbonyl (C=O) groups excluding carboxylic acids is 1. The summed E-state index contributed by atoms with van der Waals surface area (Å²) < 4.78 is 0. The maximum Gasteiger partial charge on any atom is 0.253 e. The zero-order chi connectivity index (χ0) is 15.2. The molecule has 21 heavy (non-hydrogen) atoms. The number of nitrogens with zero attached hydrogens (tertiary/aromatic N) is 1. The van der Waals surface area contributed by atoms with Gasteiger partial charge in [0.2, 0.25) is 0 Å². The van der Waals surface area contributed by atoms with Crippen molar-refractivity contribution >= 4 is 23.2 Å². The van der Waals surface area contributed by atoms with Crippen LogP contribution in [0.1, 0.15) is 30.1 Å². The minimum atomic E-state index is -0.136. The van der Waals surface area contributed by atoms with Crippen molar-refractivity contribution in [2.45, 2.75) is 19.8 Å². The number of amides is 1. The first-order valence-corrected chi connectivity index (χ1v) is 7.78. The zero-order valence-electron chi connectivity index (χ0n) is 12.4. The maximum atomic E-state index is 12.3. The van der Waals surface area contributed by atoms with Crippen LogP contribution in [0.15, 0.2) is 18.2 Å². The van der Waals surface area contributed by atoms with Gasteiger partial charge in [0.25, 0.3) is 5.91 Å². The van der Waals surface area contributed by atoms with Gasteiger partial charge in [0, 0.05) is 11.6 Å². The molecule has 0 spiro atoms. The van der Waals surface area contributed by atoms with Crippen LogP contribution in [0.25, 0.3) is 0 Å². The lowest BCUT2D eigenvalue weighted by molar-refractivity contribution is 0.0937. The van der Waals surface area contributed by atoms with E-state index >= 15 is 0 Å². The van der Waals surface area contributed by atoms with Crippen molar-refractivity contribution in [2.24, 2.45) is 11.8 Å². The minimum absolute atomic E-state index is 0.136. The van der Waals surface area contributed by atoms with Crippen molar-refractivity contribution in [2.75, 3.05) is 31.6 Å². The van der Waals surface area contributed by atoms with Gasteiger partial charge in [0.15, 0.2) is 0 Å². The van der Waals surface area contributed by atoms with Gasteiger partial charge in [-0.25, -0.2) is 0 Å². The van der Waals surface area contributed by atoms with Gasteiger partial charge in [-0.15, -0.1) is 0 Å². The van der Waals surface area contributed by atoms with Crippen LogP contribution in [0.4, 0.5) is 5.69 Å². The number of hydrogen-bond acceptors (Lipinski definition) is 4. The number of nitrogen functional groups attached to an aromatic ring is 1. The van der Waals surface area contributed by atoms with Gasteiger partial charge in [-0.05, 0) is 56.6 Å². The summed E-state index contributed by atoms with van der Waals surface area (Å²) in [7, 11) is 0. The summed E-state index contributed by atoms with van der Waals surface area (Å²) in [4.78, 5) is 14.7. The molecule has 1 aromatic rings. The Morgan fingerprint density at radius 3 is 2.76 bits per heavy atom. The number of piperidine rings is 1. The number of hydrogen-bond donors (Lipinski definition) is 3. The molecule has 0 aliphatic carbocycles. The van der Waals surface area contributed by atoms with Gasteiger partial charge in [0.1, 0.15) is 0 Å². The summed E-state index contributed by atoms with van der Waals surface area (Å²) in [6.07, 6.45) is 2.26. The molecule has 1 aromatic carbocycles. The number of benzene rings is 1. The predicted octanol–water partition coefficient (Wildman–Crippen LogP) is 2.09. The summed E-state index contributed by atoms with van der Waals surface area (Å²) in [5.74, 6) is 5.84. The fourth-order valence-corrected chi connectivity index (χ4v) is 2.84. The summed E-state index contributed by atoms with van der Waals surface area (Å²) in [5.41, 5.74) is 3.59. The van der Waals surface area contributed by atoms with Crippen LogP contribution in [0.3, 0.4) is 0 Å². The van der Waals surface area contributed by atoms with E-state index in [2.05, 4.69) is 22.6 Å². The fourth-order valence-electron chi connectivity index (χ4n) is 2.67. The molecule has 1 saturated heterocycles. The molecule has 1 heterocycles. The largest absolute Gasteiger partial charge is 0.352 e. The van der Waals surface area contributed by atoms with Gasteiger partial charge in [-0.1, -0.05) is 18.5 Å². The van der Waals surface area contributed by atoms with Crippen LogP contribution in [-0.2, 0) is 0 Å². The molecule has 0 aromatic heterocycles. The second-order valence-electron chi connectivity index (χ2n) is 5.42. The van der Waals surface area contributed by atoms with Crippen LogP contribution < -0.4 is 16.6 Å². The smallest absolute Gasteiger partial charge is 0.253 e. The molecule has 0 radical (unpaired) electrons. The van der Waals surface area contributed by atoms with Crippen molar-refractivity contribution in [1.29, 1.82) is 0 Å². The molecule has 1 fully saturated rings. The molecule has 1 aliphatic rings. The first kappa shape index (κ1) is 16.1. The first-order chi connectivity index (χ1) is 10.1. The van der Waals surface area contributed by atoms with Crippen LogP contribution in [0.5, 0.6) is 0 Å². The molecule has 0 unspecified atom stereocenters. The van der Waals surface area contributed by atoms with E-state index in [-0.39, 0.29) is 5.91 Å². The number of carbonyl (C=O) groups is 1. The Labute approximate surface area is 130 Å². The van der Waals surface area contributed by atoms with Gasteiger partial charge in [-0.2, -0.15) is 0 Å². The third-order valence-electron chi connectivity index (χ3n) is 4.09. The van der Waals surface area contributed by atoms with E-state index in [1.54, 1.807) is 18.2 Å². The Bertz CT molecular complexity index is 487. The Morgan fingerprint density at radius 1 is 1.43 bits per heavy atom. The Hall–Kier alpha value is -1.30. The highest BCUT2D eigenvalue weighted by Gasteiger charge is 2.19. The average Bonchev–Trinajstić information content (AvgIpc) is 2.53. The molecule has 0 bridgehead atoms. The summed E-state index contributed by atoms with van der Waals surface area (Å²) in [5, 5.41) is 3.52. The third kappa shape index (κ3) is 4.33. The molecule has 6 heteroatoms. The lowest BCUT2D eigenvalue weighted by Gasteiger charge is -2.31. The molecule has 1 amide bonds. The Morgan fingerprint density at radius 2 is 2.14 bits per heavy atom. The monoisotopic (exact) mass is 310 g/mol. The average molecular weight is 311 g/mol. The maximum absolute atomic E-state index is 12.3. The van der Waals surface area contributed by atoms with Crippen molar-refractivity contribution in [1.82, 2.24) is 10.2 Å². The second-order valence-corrected chi connectivity index (χ2v) is 5.86. The minimum Gasteiger partial charge on any atom is -0.352 e. The van der Waals surface area contributed by atoms with Crippen LogP contribution >= 0.6 is 11.6 Å². The van der Waals surface area contributed by atoms with Gasteiger partial charge < -0.3 is 15.6 Å². The third-order valence-corrected chi connectivity index (χ3v) is 4.32. The SMILES string of the molecule is CCN1CCC(CNC(=O)c2cc(Cl)ccc2NN)CC1. The normalized spacial score (nSPS) is 16.7. The molecule has 0 atom stereocenters. The molecular weight excluding hydrogens is 288 g/mol. The van der Waals surface area contributed by atoms with Crippen molar-refractivity contribution < 1.29 is 4.79 Å². The van der Waals surface area contributed by atoms with E-state index in [0.717, 1.165) is 32.5 Å². The van der Waals surface area contributed by atoms with Crippen molar-refractivity contribution in [3.8, 4) is 0 Å². The fraction of sp³-hybridized carbons (Fsp3) is 0.533. The van der Waals surface area contributed by atoms with Gasteiger partial charge in [0.05, 0.1) is 11.3 Å². The summed E-state index contributed by atoms with van der Waals surface area (Å²) >= 11 is 5.94. The Kier molecular flexibility index (Phi) is 5.85. The topological polar surface area (TPSA) is 70.4 Å². The zero-order valence-corrected chi connectivity index (χ0v) is 13.1. The number of halogens is 1. The second kappa shape index (κ2) is 7.64. The standard InChI is InChI=1S/C15H23ClN4O/c1-2-20-7-5-11(6-8-20)10-18-15(21)13-9-12(16)3-4-14(13)19-17/h3-4,9,11,19H,2,5-8,10,17H2,1H3,(H,18,21). The number of rotatable bonds is 5. The van der Waals surface area contributed by atoms with Crippen molar-refractivity contribution in [3.63, 3.8) is 0 Å². The highest BCUT2D eigenvalue weighted by Crippen LogP contribution is 2.20. The van der Waals surface area contributed by atoms with Crippen LogP contribution in [0, 0.1) is 5.92 Å². The van der Waals surface area contributed by atoms with Gasteiger partial charge >= 0.3 is 0 Å². The lowest BCUT2D eigenvalue weighted by atomic mass is 9.96. The molecule has 0 saturated carbocycles. The van der Waals surface area contributed by atoms with Crippen LogP contribution in [0.2, 0.25) is 5.02 Å². The first-order valence-electron chi connectivity index (χ1n) is 7.40. The van der Waals surface area contributed by atoms with E-state index in [9.17, 15) is 4.79 Å². The summed E-state index contributed by atoms with van der Waals surface area (Å²) in [6.45, 7) is 6.22. The van der Waals surface area contributed by atoms with Crippen molar-refractivity contribution in [3.05, 3.63) is 28.8 Å². The Balaban J connectivity index is 1.89. The number of nitrogens with one attached hydrogen (secondary N) is 2.